The molecule has 2 N–H and O–H groups in total. The van der Waals surface area contributed by atoms with Crippen LogP contribution in [0, 0.1) is 6.92 Å². The predicted octanol–water partition coefficient (Wildman–Crippen LogP) is 3.70. The van der Waals surface area contributed by atoms with Crippen LogP contribution in [-0.4, -0.2) is 35.0 Å². The van der Waals surface area contributed by atoms with Gasteiger partial charge < -0.3 is 19.1 Å². The van der Waals surface area contributed by atoms with Gasteiger partial charge in [0.1, 0.15) is 28.4 Å². The molecule has 25 heavy (non-hydrogen) atoms. The fraction of sp³-hybridized carbons (Fsp3) is 0.353. The maximum atomic E-state index is 11.9. The molecule has 0 spiro atoms. The minimum Gasteiger partial charge on any atom is -0.496 e. The lowest BCUT2D eigenvalue weighted by molar-refractivity contribution is 0.0634. The van der Waals surface area contributed by atoms with Crippen molar-refractivity contribution in [2.75, 3.05) is 12.4 Å². The topological polar surface area (TPSA) is 111 Å². The highest BCUT2D eigenvalue weighted by Crippen LogP contribution is 2.35. The van der Waals surface area contributed by atoms with Crippen molar-refractivity contribution < 1.29 is 28.7 Å². The van der Waals surface area contributed by atoms with Crippen molar-refractivity contribution in [2.24, 2.45) is 0 Å². The van der Waals surface area contributed by atoms with Crippen molar-refractivity contribution >= 4 is 17.7 Å². The number of anilines is 1. The molecular weight excluding hydrogens is 328 g/mol. The minimum atomic E-state index is -1.17. The molecule has 2 rings (SSSR count). The van der Waals surface area contributed by atoms with Gasteiger partial charge in [-0.3, -0.25) is 5.32 Å². The summed E-state index contributed by atoms with van der Waals surface area (Å²) in [7, 11) is 1.45. The molecule has 1 heterocycles. The fourth-order valence-corrected chi connectivity index (χ4v) is 2.20. The van der Waals surface area contributed by atoms with E-state index in [9.17, 15) is 14.7 Å². The number of carboxylic acid groups (broad SMARTS) is 1. The summed E-state index contributed by atoms with van der Waals surface area (Å²) in [4.78, 5) is 23.4. The molecule has 0 fully saturated rings. The number of benzene rings is 1. The molecule has 134 valence electrons. The zero-order valence-corrected chi connectivity index (χ0v) is 14.7. The molecule has 1 aromatic heterocycles. The van der Waals surface area contributed by atoms with Crippen LogP contribution < -0.4 is 10.1 Å². The minimum absolute atomic E-state index is 0.0623. The van der Waals surface area contributed by atoms with Gasteiger partial charge in [0.25, 0.3) is 0 Å². The lowest BCUT2D eigenvalue weighted by atomic mass is 10.0. The number of amides is 1. The maximum absolute atomic E-state index is 11.9. The number of hydrogen-bond donors (Lipinski definition) is 2. The van der Waals surface area contributed by atoms with Crippen LogP contribution in [0.4, 0.5) is 10.5 Å². The third-order valence-corrected chi connectivity index (χ3v) is 3.18. The number of carboxylic acids is 1. The van der Waals surface area contributed by atoms with Gasteiger partial charge in [-0.05, 0) is 45.9 Å². The van der Waals surface area contributed by atoms with Crippen LogP contribution in [0.2, 0.25) is 0 Å². The Morgan fingerprint density at radius 2 is 1.96 bits per heavy atom. The number of methoxy groups -OCH3 is 1. The van der Waals surface area contributed by atoms with Crippen LogP contribution >= 0.6 is 0 Å². The smallest absolute Gasteiger partial charge is 0.412 e. The van der Waals surface area contributed by atoms with Gasteiger partial charge in [-0.1, -0.05) is 5.16 Å². The Hall–Kier alpha value is -3.03. The Bertz CT molecular complexity index is 804. The highest BCUT2D eigenvalue weighted by molar-refractivity contribution is 5.97. The van der Waals surface area contributed by atoms with E-state index in [0.29, 0.717) is 17.0 Å². The second-order valence-corrected chi connectivity index (χ2v) is 6.31. The third-order valence-electron chi connectivity index (χ3n) is 3.18. The maximum Gasteiger partial charge on any atom is 0.412 e. The second kappa shape index (κ2) is 6.84. The van der Waals surface area contributed by atoms with Gasteiger partial charge in [0.2, 0.25) is 0 Å². The monoisotopic (exact) mass is 348 g/mol. The van der Waals surface area contributed by atoms with Crippen molar-refractivity contribution in [1.82, 2.24) is 5.16 Å². The number of ether oxygens (including phenoxy) is 2. The number of carbonyl (C=O) groups is 2. The van der Waals surface area contributed by atoms with Gasteiger partial charge in [0.05, 0.1) is 7.11 Å². The first kappa shape index (κ1) is 18.3. The van der Waals surface area contributed by atoms with Crippen LogP contribution in [0.1, 0.15) is 36.9 Å². The number of nitrogens with one attached hydrogen (secondary N) is 1. The van der Waals surface area contributed by atoms with Gasteiger partial charge >= 0.3 is 12.1 Å². The van der Waals surface area contributed by atoms with E-state index in [1.165, 1.54) is 14.0 Å². The van der Waals surface area contributed by atoms with E-state index in [1.807, 2.05) is 0 Å². The molecule has 8 nitrogen and oxygen atoms in total. The summed E-state index contributed by atoms with van der Waals surface area (Å²) < 4.78 is 15.5. The lowest BCUT2D eigenvalue weighted by Crippen LogP contribution is -2.27. The van der Waals surface area contributed by atoms with Gasteiger partial charge in [-0.15, -0.1) is 0 Å². The fourth-order valence-electron chi connectivity index (χ4n) is 2.20. The molecule has 0 saturated heterocycles. The summed E-state index contributed by atoms with van der Waals surface area (Å²) >= 11 is 0. The van der Waals surface area contributed by atoms with Crippen LogP contribution in [0.15, 0.2) is 22.7 Å². The zero-order chi connectivity index (χ0) is 18.8. The molecular formula is C17H20N2O6. The Morgan fingerprint density at radius 1 is 1.28 bits per heavy atom. The molecule has 1 amide bonds. The average Bonchev–Trinajstić information content (AvgIpc) is 2.87. The predicted molar refractivity (Wildman–Crippen MR) is 90.0 cm³/mol. The summed E-state index contributed by atoms with van der Waals surface area (Å²) in [6.07, 6.45) is -0.626. The summed E-state index contributed by atoms with van der Waals surface area (Å²) in [5.41, 5.74) is 0.203. The van der Waals surface area contributed by atoms with E-state index in [4.69, 9.17) is 14.0 Å². The zero-order valence-electron chi connectivity index (χ0n) is 14.7. The summed E-state index contributed by atoms with van der Waals surface area (Å²) in [6, 6.07) is 4.75. The number of aryl methyl sites for hydroxylation is 1. The normalized spacial score (nSPS) is 11.1. The Morgan fingerprint density at radius 3 is 2.52 bits per heavy atom. The average molecular weight is 348 g/mol. The Balaban J connectivity index is 2.42. The molecule has 0 bridgehead atoms. The van der Waals surface area contributed by atoms with E-state index in [2.05, 4.69) is 10.5 Å². The van der Waals surface area contributed by atoms with E-state index in [0.717, 1.165) is 0 Å². The SMILES string of the molecule is COc1ccc(NC(=O)OC(C)(C)C)cc1-c1noc(C)c1C(=O)O. The number of rotatable bonds is 4. The summed E-state index contributed by atoms with van der Waals surface area (Å²) in [5, 5.41) is 15.8. The first-order chi connectivity index (χ1) is 11.6. The van der Waals surface area contributed by atoms with Crippen LogP contribution in [0.25, 0.3) is 11.3 Å². The first-order valence-electron chi connectivity index (χ1n) is 7.50. The molecule has 0 atom stereocenters. The number of aromatic carboxylic acids is 1. The molecule has 0 aliphatic carbocycles. The van der Waals surface area contributed by atoms with Gasteiger partial charge in [0, 0.05) is 11.3 Å². The number of carbonyl (C=O) groups excluding carboxylic acids is 1. The number of nitrogens with zero attached hydrogens (tertiary/aromatic N) is 1. The second-order valence-electron chi connectivity index (χ2n) is 6.31. The summed E-state index contributed by atoms with van der Waals surface area (Å²) in [5.74, 6) is -0.595. The van der Waals surface area contributed by atoms with Crippen molar-refractivity contribution in [2.45, 2.75) is 33.3 Å². The van der Waals surface area contributed by atoms with E-state index in [-0.39, 0.29) is 17.0 Å². The van der Waals surface area contributed by atoms with Gasteiger partial charge in [0.15, 0.2) is 0 Å². The van der Waals surface area contributed by atoms with E-state index in [1.54, 1.807) is 39.0 Å². The molecule has 0 aliphatic heterocycles. The first-order valence-corrected chi connectivity index (χ1v) is 7.50. The van der Waals surface area contributed by atoms with Crippen molar-refractivity contribution in [3.05, 3.63) is 29.5 Å². The van der Waals surface area contributed by atoms with Crippen LogP contribution in [0.3, 0.4) is 0 Å². The standard InChI is InChI=1S/C17H20N2O6/c1-9-13(15(20)21)14(19-25-9)11-8-10(6-7-12(11)23-5)18-16(22)24-17(2,3)4/h6-8H,1-5H3,(H,18,22)(H,20,21). The molecule has 0 aliphatic rings. The quantitative estimate of drug-likeness (QED) is 0.866. The van der Waals surface area contributed by atoms with Crippen molar-refractivity contribution in [3.8, 4) is 17.0 Å². The number of hydrogen-bond acceptors (Lipinski definition) is 6. The van der Waals surface area contributed by atoms with Gasteiger partial charge in [-0.25, -0.2) is 9.59 Å². The number of aromatic nitrogens is 1. The largest absolute Gasteiger partial charge is 0.496 e. The van der Waals surface area contributed by atoms with Crippen LogP contribution in [-0.2, 0) is 4.74 Å². The molecule has 2 aromatic rings. The Labute approximate surface area is 144 Å². The molecule has 1 aromatic carbocycles. The molecule has 0 radical (unpaired) electrons. The Kier molecular flexibility index (Phi) is 5.01. The highest BCUT2D eigenvalue weighted by atomic mass is 16.6. The van der Waals surface area contributed by atoms with E-state index < -0.39 is 17.7 Å². The van der Waals surface area contributed by atoms with Crippen LogP contribution in [0.5, 0.6) is 5.75 Å². The third kappa shape index (κ3) is 4.28. The lowest BCUT2D eigenvalue weighted by Gasteiger charge is -2.20. The molecule has 0 saturated carbocycles. The van der Waals surface area contributed by atoms with Crippen molar-refractivity contribution in [3.63, 3.8) is 0 Å². The molecule has 8 heteroatoms. The highest BCUT2D eigenvalue weighted by Gasteiger charge is 2.24. The van der Waals surface area contributed by atoms with Gasteiger partial charge in [-0.2, -0.15) is 0 Å². The van der Waals surface area contributed by atoms with E-state index >= 15 is 0 Å². The summed E-state index contributed by atoms with van der Waals surface area (Å²) in [6.45, 7) is 6.77. The van der Waals surface area contributed by atoms with Crippen molar-refractivity contribution in [1.29, 1.82) is 0 Å². The molecule has 0 unspecified atom stereocenters.